The molecule has 3 nitrogen and oxygen atoms in total. The molecule has 84 valence electrons. The molecule has 0 radical (unpaired) electrons. The van der Waals surface area contributed by atoms with Crippen molar-refractivity contribution in [2.45, 2.75) is 45.7 Å². The van der Waals surface area contributed by atoms with Crippen molar-refractivity contribution < 1.29 is 4.57 Å². The molecule has 1 N–H and O–H groups in total. The van der Waals surface area contributed by atoms with E-state index in [1.807, 2.05) is 0 Å². The zero-order chi connectivity index (χ0) is 10.8. The van der Waals surface area contributed by atoms with E-state index in [0.29, 0.717) is 6.17 Å². The molecule has 1 aliphatic heterocycles. The lowest BCUT2D eigenvalue weighted by atomic mass is 10.1. The van der Waals surface area contributed by atoms with Crippen molar-refractivity contribution in [1.82, 2.24) is 9.88 Å². The Balaban J connectivity index is 2.26. The number of aryl methyl sites for hydroxylation is 1. The lowest BCUT2D eigenvalue weighted by Crippen LogP contribution is -2.50. The van der Waals surface area contributed by atoms with E-state index >= 15 is 0 Å². The van der Waals surface area contributed by atoms with Crippen molar-refractivity contribution in [2.75, 3.05) is 6.54 Å². The summed E-state index contributed by atoms with van der Waals surface area (Å²) < 4.78 is 4.70. The van der Waals surface area contributed by atoms with Crippen molar-refractivity contribution in [2.24, 2.45) is 7.05 Å². The molecule has 0 aliphatic carbocycles. The molecule has 1 aromatic heterocycles. The molecule has 1 saturated heterocycles. The van der Waals surface area contributed by atoms with Crippen LogP contribution in [-0.4, -0.2) is 11.1 Å². The zero-order valence-corrected chi connectivity index (χ0v) is 10.1. The first-order chi connectivity index (χ1) is 7.24. The van der Waals surface area contributed by atoms with E-state index < -0.39 is 0 Å². The average Bonchev–Trinajstić information content (AvgIpc) is 2.57. The fraction of sp³-hybridized carbons (Fsp3) is 0.750. The molecule has 15 heavy (non-hydrogen) atoms. The van der Waals surface area contributed by atoms with Crippen molar-refractivity contribution >= 4 is 0 Å². The number of aromatic nitrogens is 2. The average molecular weight is 208 g/mol. The molecule has 1 unspecified atom stereocenters. The maximum atomic E-state index is 3.59. The van der Waals surface area contributed by atoms with Gasteiger partial charge in [-0.2, -0.15) is 0 Å². The minimum absolute atomic E-state index is 0.519. The van der Waals surface area contributed by atoms with E-state index in [1.54, 1.807) is 0 Å². The van der Waals surface area contributed by atoms with E-state index in [-0.39, 0.29) is 0 Å². The number of imidazole rings is 1. The number of piperidine rings is 1. The van der Waals surface area contributed by atoms with Crippen molar-refractivity contribution in [1.29, 1.82) is 0 Å². The molecule has 1 atom stereocenters. The second-order valence-corrected chi connectivity index (χ2v) is 4.45. The molecular formula is C12H22N3+. The van der Waals surface area contributed by atoms with E-state index in [1.165, 1.54) is 30.8 Å². The van der Waals surface area contributed by atoms with E-state index in [4.69, 9.17) is 0 Å². The van der Waals surface area contributed by atoms with Gasteiger partial charge in [-0.25, -0.2) is 9.13 Å². The second-order valence-electron chi connectivity index (χ2n) is 4.45. The third-order valence-corrected chi connectivity index (χ3v) is 3.56. The van der Waals surface area contributed by atoms with Crippen LogP contribution in [0.2, 0.25) is 0 Å². The van der Waals surface area contributed by atoms with E-state index in [2.05, 4.69) is 41.5 Å². The smallest absolute Gasteiger partial charge is 0.254 e. The Bertz CT molecular complexity index is 335. The molecule has 0 spiro atoms. The lowest BCUT2D eigenvalue weighted by molar-refractivity contribution is -0.735. The Morgan fingerprint density at radius 1 is 1.53 bits per heavy atom. The predicted octanol–water partition coefficient (Wildman–Crippen LogP) is 1.46. The normalized spacial score (nSPS) is 21.9. The predicted molar refractivity (Wildman–Crippen MR) is 60.6 cm³/mol. The standard InChI is InChI=1S/C12H22N3/c1-4-11-9-15(10(2)14(11)3)12-7-5-6-8-13-12/h9,12-13H,4-8H2,1-3H3/q+1. The monoisotopic (exact) mass is 208 g/mol. The topological polar surface area (TPSA) is 20.8 Å². The Labute approximate surface area is 92.1 Å². The van der Waals surface area contributed by atoms with Crippen LogP contribution in [0, 0.1) is 6.92 Å². The van der Waals surface area contributed by atoms with Gasteiger partial charge in [-0.15, -0.1) is 0 Å². The Morgan fingerprint density at radius 3 is 2.87 bits per heavy atom. The van der Waals surface area contributed by atoms with Gasteiger partial charge in [0.1, 0.15) is 11.9 Å². The number of hydrogen-bond donors (Lipinski definition) is 1. The third-order valence-electron chi connectivity index (χ3n) is 3.56. The van der Waals surface area contributed by atoms with Crippen LogP contribution in [0.3, 0.4) is 0 Å². The van der Waals surface area contributed by atoms with Gasteiger partial charge < -0.3 is 0 Å². The number of nitrogens with one attached hydrogen (secondary N) is 1. The Morgan fingerprint density at radius 2 is 2.33 bits per heavy atom. The first-order valence-electron chi connectivity index (χ1n) is 6.03. The Kier molecular flexibility index (Phi) is 3.10. The summed E-state index contributed by atoms with van der Waals surface area (Å²) in [7, 11) is 2.16. The van der Waals surface area contributed by atoms with Gasteiger partial charge in [0.2, 0.25) is 0 Å². The van der Waals surface area contributed by atoms with Crippen LogP contribution < -0.4 is 9.88 Å². The maximum absolute atomic E-state index is 3.59. The van der Waals surface area contributed by atoms with Crippen LogP contribution in [0.4, 0.5) is 0 Å². The molecule has 3 heteroatoms. The zero-order valence-electron chi connectivity index (χ0n) is 10.1. The van der Waals surface area contributed by atoms with Gasteiger partial charge in [-0.3, -0.25) is 5.32 Å². The molecule has 2 rings (SSSR count). The quantitative estimate of drug-likeness (QED) is 0.730. The summed E-state index contributed by atoms with van der Waals surface area (Å²) in [5.74, 6) is 1.35. The van der Waals surface area contributed by atoms with Gasteiger partial charge in [-0.05, 0) is 19.4 Å². The van der Waals surface area contributed by atoms with Gasteiger partial charge in [0.05, 0.1) is 7.05 Å². The van der Waals surface area contributed by atoms with Gasteiger partial charge in [-0.1, -0.05) is 6.92 Å². The van der Waals surface area contributed by atoms with Crippen LogP contribution >= 0.6 is 0 Å². The SMILES string of the molecule is CCc1c[n+](C2CCCCN2)c(C)n1C. The van der Waals surface area contributed by atoms with Crippen molar-refractivity contribution in [3.05, 3.63) is 17.7 Å². The molecule has 0 aromatic carbocycles. The van der Waals surface area contributed by atoms with Gasteiger partial charge in [0.15, 0.2) is 6.17 Å². The fourth-order valence-corrected chi connectivity index (χ4v) is 2.44. The molecule has 0 bridgehead atoms. The van der Waals surface area contributed by atoms with Crippen LogP contribution in [0.1, 0.15) is 43.9 Å². The largest absolute Gasteiger partial charge is 0.279 e. The molecule has 1 aliphatic rings. The minimum Gasteiger partial charge on any atom is -0.279 e. The van der Waals surface area contributed by atoms with Gasteiger partial charge in [0, 0.05) is 19.8 Å². The summed E-state index contributed by atoms with van der Waals surface area (Å²) in [6.07, 6.45) is 7.86. The van der Waals surface area contributed by atoms with Crippen LogP contribution in [0.5, 0.6) is 0 Å². The maximum Gasteiger partial charge on any atom is 0.254 e. The summed E-state index contributed by atoms with van der Waals surface area (Å²) in [6, 6.07) is 0. The molecule has 0 amide bonds. The second kappa shape index (κ2) is 4.35. The van der Waals surface area contributed by atoms with Crippen molar-refractivity contribution in [3.8, 4) is 0 Å². The first-order valence-corrected chi connectivity index (χ1v) is 6.03. The number of nitrogens with zero attached hydrogens (tertiary/aromatic N) is 2. The third kappa shape index (κ3) is 1.93. The fourth-order valence-electron chi connectivity index (χ4n) is 2.44. The van der Waals surface area contributed by atoms with E-state index in [0.717, 1.165) is 13.0 Å². The van der Waals surface area contributed by atoms with Gasteiger partial charge >= 0.3 is 0 Å². The van der Waals surface area contributed by atoms with Crippen molar-refractivity contribution in [3.63, 3.8) is 0 Å². The summed E-state index contributed by atoms with van der Waals surface area (Å²) in [5.41, 5.74) is 1.42. The highest BCUT2D eigenvalue weighted by Crippen LogP contribution is 2.13. The summed E-state index contributed by atoms with van der Waals surface area (Å²) in [6.45, 7) is 5.58. The summed E-state index contributed by atoms with van der Waals surface area (Å²) >= 11 is 0. The molecule has 1 aromatic rings. The summed E-state index contributed by atoms with van der Waals surface area (Å²) in [4.78, 5) is 0. The molecular weight excluding hydrogens is 186 g/mol. The highest BCUT2D eigenvalue weighted by Gasteiger charge is 2.24. The molecule has 2 heterocycles. The highest BCUT2D eigenvalue weighted by molar-refractivity contribution is 4.97. The number of rotatable bonds is 2. The highest BCUT2D eigenvalue weighted by atomic mass is 15.2. The van der Waals surface area contributed by atoms with Crippen LogP contribution in [0.25, 0.3) is 0 Å². The Hall–Kier alpha value is -0.830. The lowest BCUT2D eigenvalue weighted by Gasteiger charge is -2.21. The summed E-state index contributed by atoms with van der Waals surface area (Å²) in [5, 5.41) is 3.59. The van der Waals surface area contributed by atoms with Crippen LogP contribution in [0.15, 0.2) is 6.20 Å². The van der Waals surface area contributed by atoms with Gasteiger partial charge in [0.25, 0.3) is 5.82 Å². The molecule has 0 saturated carbocycles. The first kappa shape index (κ1) is 10.7. The molecule has 1 fully saturated rings. The van der Waals surface area contributed by atoms with Crippen LogP contribution in [-0.2, 0) is 13.5 Å². The number of hydrogen-bond acceptors (Lipinski definition) is 1. The minimum atomic E-state index is 0.519. The van der Waals surface area contributed by atoms with E-state index in [9.17, 15) is 0 Å².